The van der Waals surface area contributed by atoms with Gasteiger partial charge >= 0.3 is 6.03 Å². The van der Waals surface area contributed by atoms with E-state index in [1.165, 1.54) is 4.90 Å². The van der Waals surface area contributed by atoms with Crippen LogP contribution in [-0.4, -0.2) is 48.2 Å². The number of ether oxygens (including phenoxy) is 3. The van der Waals surface area contributed by atoms with E-state index in [9.17, 15) is 9.59 Å². The van der Waals surface area contributed by atoms with Gasteiger partial charge in [0.25, 0.3) is 5.91 Å². The van der Waals surface area contributed by atoms with Crippen LogP contribution in [0.4, 0.5) is 10.5 Å². The van der Waals surface area contributed by atoms with E-state index < -0.39 is 12.1 Å². The molecular formula is C28H23N3O5. The second kappa shape index (κ2) is 7.78. The number of carbonyl (C=O) groups is 2. The highest BCUT2D eigenvalue weighted by Crippen LogP contribution is 2.46. The Kier molecular flexibility index (Phi) is 4.51. The number of para-hydroxylation sites is 1. The average molecular weight is 482 g/mol. The topological polar surface area (TPSA) is 84.1 Å². The van der Waals surface area contributed by atoms with E-state index >= 15 is 0 Å². The summed E-state index contributed by atoms with van der Waals surface area (Å²) in [6.07, 6.45) is 0.436. The molecule has 0 spiro atoms. The molecule has 1 saturated heterocycles. The number of carbonyl (C=O) groups excluding carboxylic acids is 2. The van der Waals surface area contributed by atoms with Crippen LogP contribution in [-0.2, 0) is 11.2 Å². The maximum atomic E-state index is 14.0. The summed E-state index contributed by atoms with van der Waals surface area (Å²) in [5.41, 5.74) is 4.31. The number of hydrogen-bond acceptors (Lipinski definition) is 5. The summed E-state index contributed by atoms with van der Waals surface area (Å²) >= 11 is 0. The molecule has 7 rings (SSSR count). The molecule has 1 N–H and O–H groups in total. The predicted molar refractivity (Wildman–Crippen MR) is 133 cm³/mol. The summed E-state index contributed by atoms with van der Waals surface area (Å²) < 4.78 is 16.8. The molecule has 36 heavy (non-hydrogen) atoms. The van der Waals surface area contributed by atoms with Gasteiger partial charge in [0.1, 0.15) is 31.0 Å². The number of fused-ring (bicyclic) bond motifs is 5. The molecule has 2 atom stereocenters. The van der Waals surface area contributed by atoms with Crippen molar-refractivity contribution in [3.8, 4) is 17.2 Å². The largest absolute Gasteiger partial charge is 0.497 e. The molecule has 0 radical (unpaired) electrons. The molecule has 180 valence electrons. The van der Waals surface area contributed by atoms with E-state index in [1.54, 1.807) is 30.2 Å². The second-order valence-electron chi connectivity index (χ2n) is 9.15. The zero-order valence-corrected chi connectivity index (χ0v) is 19.6. The normalized spacial score (nSPS) is 20.5. The third kappa shape index (κ3) is 2.94. The van der Waals surface area contributed by atoms with Crippen molar-refractivity contribution < 1.29 is 23.8 Å². The first-order valence-electron chi connectivity index (χ1n) is 11.9. The number of imide groups is 1. The van der Waals surface area contributed by atoms with Crippen LogP contribution >= 0.6 is 0 Å². The molecule has 3 aromatic carbocycles. The molecule has 3 aliphatic rings. The first-order valence-corrected chi connectivity index (χ1v) is 11.9. The Hall–Kier alpha value is -4.46. The predicted octanol–water partition coefficient (Wildman–Crippen LogP) is 4.43. The number of amides is 3. The van der Waals surface area contributed by atoms with Crippen LogP contribution in [0, 0.1) is 0 Å². The van der Waals surface area contributed by atoms with Crippen molar-refractivity contribution >= 4 is 28.5 Å². The number of rotatable bonds is 3. The van der Waals surface area contributed by atoms with Crippen molar-refractivity contribution in [3.05, 3.63) is 83.6 Å². The number of aromatic amines is 1. The number of benzene rings is 3. The quantitative estimate of drug-likeness (QED) is 0.438. The van der Waals surface area contributed by atoms with Gasteiger partial charge in [-0.25, -0.2) is 9.69 Å². The number of urea groups is 1. The number of H-pyrrole nitrogens is 1. The van der Waals surface area contributed by atoms with Crippen LogP contribution in [0.2, 0.25) is 0 Å². The van der Waals surface area contributed by atoms with Gasteiger partial charge in [0, 0.05) is 29.1 Å². The van der Waals surface area contributed by atoms with E-state index in [-0.39, 0.29) is 11.9 Å². The Bertz CT molecular complexity index is 1540. The summed E-state index contributed by atoms with van der Waals surface area (Å²) in [7, 11) is 1.62. The van der Waals surface area contributed by atoms with Crippen molar-refractivity contribution in [2.75, 3.05) is 25.2 Å². The van der Waals surface area contributed by atoms with Crippen molar-refractivity contribution in [2.24, 2.45) is 0 Å². The number of methoxy groups -OCH3 is 1. The van der Waals surface area contributed by atoms with E-state index in [0.29, 0.717) is 42.6 Å². The van der Waals surface area contributed by atoms with Crippen molar-refractivity contribution in [1.29, 1.82) is 0 Å². The molecule has 3 amide bonds. The van der Waals surface area contributed by atoms with Crippen LogP contribution in [0.3, 0.4) is 0 Å². The molecule has 0 saturated carbocycles. The van der Waals surface area contributed by atoms with Crippen molar-refractivity contribution in [1.82, 2.24) is 9.88 Å². The number of anilines is 1. The molecule has 4 aromatic rings. The minimum atomic E-state index is -0.631. The first-order chi connectivity index (χ1) is 17.6. The molecule has 2 unspecified atom stereocenters. The zero-order valence-electron chi connectivity index (χ0n) is 19.6. The molecule has 0 aliphatic carbocycles. The minimum absolute atomic E-state index is 0.250. The molecule has 3 aliphatic heterocycles. The Labute approximate surface area is 207 Å². The van der Waals surface area contributed by atoms with Gasteiger partial charge in [-0.2, -0.15) is 0 Å². The zero-order chi connectivity index (χ0) is 24.4. The van der Waals surface area contributed by atoms with Gasteiger partial charge in [-0.05, 0) is 41.5 Å². The van der Waals surface area contributed by atoms with Crippen LogP contribution < -0.4 is 19.1 Å². The monoisotopic (exact) mass is 481 g/mol. The lowest BCUT2D eigenvalue weighted by molar-refractivity contribution is -0.120. The van der Waals surface area contributed by atoms with Gasteiger partial charge < -0.3 is 19.2 Å². The van der Waals surface area contributed by atoms with Crippen molar-refractivity contribution in [3.63, 3.8) is 0 Å². The summed E-state index contributed by atoms with van der Waals surface area (Å²) in [4.78, 5) is 34.4. The molecule has 8 nitrogen and oxygen atoms in total. The lowest BCUT2D eigenvalue weighted by Gasteiger charge is -2.36. The lowest BCUT2D eigenvalue weighted by atomic mass is 9.89. The Balaban J connectivity index is 1.38. The lowest BCUT2D eigenvalue weighted by Crippen LogP contribution is -2.44. The molecular weight excluding hydrogens is 458 g/mol. The third-order valence-electron chi connectivity index (χ3n) is 7.24. The smallest absolute Gasteiger partial charge is 0.332 e. The van der Waals surface area contributed by atoms with Crippen LogP contribution in [0.15, 0.2) is 66.7 Å². The molecule has 0 bridgehead atoms. The van der Waals surface area contributed by atoms with Gasteiger partial charge in [-0.3, -0.25) is 9.69 Å². The summed E-state index contributed by atoms with van der Waals surface area (Å²) in [5.74, 6) is 1.58. The van der Waals surface area contributed by atoms with Gasteiger partial charge in [-0.1, -0.05) is 30.3 Å². The first kappa shape index (κ1) is 20.9. The molecule has 4 heterocycles. The summed E-state index contributed by atoms with van der Waals surface area (Å²) in [6, 6.07) is 19.4. The number of nitrogens with one attached hydrogen (secondary N) is 1. The van der Waals surface area contributed by atoms with Crippen LogP contribution in [0.5, 0.6) is 17.2 Å². The van der Waals surface area contributed by atoms with Gasteiger partial charge in [0.2, 0.25) is 0 Å². The SMILES string of the molecule is COc1cccc(C2c3[nH]c4ccccc4c3CC3C(=O)N(c4ccc5c(c4)OCCO5)C(=O)N32)c1. The maximum Gasteiger partial charge on any atom is 0.332 e. The number of aromatic nitrogens is 1. The number of hydrogen-bond donors (Lipinski definition) is 1. The highest BCUT2D eigenvalue weighted by atomic mass is 16.6. The van der Waals surface area contributed by atoms with Gasteiger partial charge in [0.15, 0.2) is 11.5 Å². The van der Waals surface area contributed by atoms with Crippen molar-refractivity contribution in [2.45, 2.75) is 18.5 Å². The van der Waals surface area contributed by atoms with E-state index in [4.69, 9.17) is 14.2 Å². The van der Waals surface area contributed by atoms with E-state index in [2.05, 4.69) is 11.1 Å². The fourth-order valence-corrected chi connectivity index (χ4v) is 5.64. The maximum absolute atomic E-state index is 14.0. The van der Waals surface area contributed by atoms with Crippen LogP contribution in [0.1, 0.15) is 22.9 Å². The summed E-state index contributed by atoms with van der Waals surface area (Å²) in [5, 5.41) is 1.07. The Morgan fingerprint density at radius 1 is 0.944 bits per heavy atom. The van der Waals surface area contributed by atoms with Gasteiger partial charge in [0.05, 0.1) is 12.8 Å². The third-order valence-corrected chi connectivity index (χ3v) is 7.24. The summed E-state index contributed by atoms with van der Waals surface area (Å²) in [6.45, 7) is 0.893. The highest BCUT2D eigenvalue weighted by molar-refractivity contribution is 6.22. The minimum Gasteiger partial charge on any atom is -0.497 e. The molecule has 1 fully saturated rings. The number of nitrogens with zero attached hydrogens (tertiary/aromatic N) is 2. The Morgan fingerprint density at radius 3 is 2.64 bits per heavy atom. The highest BCUT2D eigenvalue weighted by Gasteiger charge is 2.53. The standard InChI is InChI=1S/C28H23N3O5/c1-34-18-6-4-5-16(13-18)26-25-20(19-7-2-3-8-21(19)29-25)15-22-27(32)30(28(33)31(22)26)17-9-10-23-24(14-17)36-12-11-35-23/h2-10,13-14,22,26,29H,11-12,15H2,1H3. The fourth-order valence-electron chi connectivity index (χ4n) is 5.64. The van der Waals surface area contributed by atoms with Gasteiger partial charge in [-0.15, -0.1) is 0 Å². The van der Waals surface area contributed by atoms with E-state index in [1.807, 2.05) is 42.5 Å². The van der Waals surface area contributed by atoms with Crippen LogP contribution in [0.25, 0.3) is 10.9 Å². The molecule has 8 heteroatoms. The fraction of sp³-hybridized carbons (Fsp3) is 0.214. The molecule has 1 aromatic heterocycles. The Morgan fingerprint density at radius 2 is 1.78 bits per heavy atom. The average Bonchev–Trinajstić information content (AvgIpc) is 3.41. The second-order valence-corrected chi connectivity index (χ2v) is 9.15. The van der Waals surface area contributed by atoms with E-state index in [0.717, 1.165) is 27.7 Å².